The second-order valence-electron chi connectivity index (χ2n) is 11.5. The van der Waals surface area contributed by atoms with Gasteiger partial charge in [-0.25, -0.2) is 9.98 Å². The molecule has 0 spiro atoms. The smallest absolute Gasteiger partial charge is 0.159 e. The van der Waals surface area contributed by atoms with Gasteiger partial charge < -0.3 is 9.73 Å². The summed E-state index contributed by atoms with van der Waals surface area (Å²) in [7, 11) is 0. The monoisotopic (exact) mass is 577 g/mol. The number of benzene rings is 7. The average molecular weight is 578 g/mol. The topological polar surface area (TPSA) is 49.9 Å². The Morgan fingerprint density at radius 2 is 1.16 bits per heavy atom. The van der Waals surface area contributed by atoms with Crippen LogP contribution < -0.4 is 5.32 Å². The summed E-state index contributed by atoms with van der Waals surface area (Å²) < 4.78 is 6.40. The maximum Gasteiger partial charge on any atom is 0.159 e. The molecule has 0 aliphatic carbocycles. The third kappa shape index (κ3) is 4.47. The van der Waals surface area contributed by atoms with Gasteiger partial charge in [0.15, 0.2) is 5.84 Å². The third-order valence-electron chi connectivity index (χ3n) is 8.71. The zero-order valence-corrected chi connectivity index (χ0v) is 24.3. The van der Waals surface area contributed by atoms with Crippen LogP contribution in [0.15, 0.2) is 166 Å². The van der Waals surface area contributed by atoms with Crippen LogP contribution in [0.5, 0.6) is 0 Å². The number of amidine groups is 2. The van der Waals surface area contributed by atoms with Crippen LogP contribution in [0.25, 0.3) is 54.6 Å². The maximum absolute atomic E-state index is 6.40. The Balaban J connectivity index is 1.11. The number of nitrogens with one attached hydrogen (secondary N) is 1. The lowest BCUT2D eigenvalue weighted by Crippen LogP contribution is -2.33. The van der Waals surface area contributed by atoms with Crippen LogP contribution in [0.4, 0.5) is 0 Å². The first-order valence-corrected chi connectivity index (χ1v) is 15.2. The van der Waals surface area contributed by atoms with E-state index in [-0.39, 0.29) is 6.17 Å². The summed E-state index contributed by atoms with van der Waals surface area (Å²) in [5.41, 5.74) is 7.07. The Labute approximate surface area is 260 Å². The molecule has 7 aromatic carbocycles. The molecule has 9 rings (SSSR count). The van der Waals surface area contributed by atoms with Crippen LogP contribution in [0.2, 0.25) is 0 Å². The fourth-order valence-electron chi connectivity index (χ4n) is 6.42. The molecule has 1 aliphatic heterocycles. The minimum atomic E-state index is -0.242. The van der Waals surface area contributed by atoms with Gasteiger partial charge in [-0.05, 0) is 74.6 Å². The molecule has 1 atom stereocenters. The Morgan fingerprint density at radius 1 is 0.467 bits per heavy atom. The second-order valence-corrected chi connectivity index (χ2v) is 11.5. The van der Waals surface area contributed by atoms with Crippen molar-refractivity contribution in [1.82, 2.24) is 5.32 Å². The molecule has 45 heavy (non-hydrogen) atoms. The highest BCUT2D eigenvalue weighted by atomic mass is 16.3. The molecule has 8 aromatic rings. The SMILES string of the molecule is c1ccc(C2=NC(c3ccccc3)NC(c3ccc4oc5cc(-c6ccc7c(ccc8ccccc87)c6)ccc5c4c3)=N2)cc1. The largest absolute Gasteiger partial charge is 0.456 e. The van der Waals surface area contributed by atoms with Gasteiger partial charge in [0, 0.05) is 21.9 Å². The van der Waals surface area contributed by atoms with E-state index in [1.807, 2.05) is 42.5 Å². The van der Waals surface area contributed by atoms with Crippen molar-refractivity contribution in [3.05, 3.63) is 168 Å². The first kappa shape index (κ1) is 25.5. The van der Waals surface area contributed by atoms with Gasteiger partial charge in [0.1, 0.15) is 23.2 Å². The Hall–Kier alpha value is -6.00. The van der Waals surface area contributed by atoms with Gasteiger partial charge in [0.25, 0.3) is 0 Å². The predicted octanol–water partition coefficient (Wildman–Crippen LogP) is 10.1. The fourth-order valence-corrected chi connectivity index (χ4v) is 6.42. The zero-order chi connectivity index (χ0) is 29.7. The normalized spacial score (nSPS) is 14.9. The van der Waals surface area contributed by atoms with Crippen molar-refractivity contribution in [2.45, 2.75) is 6.17 Å². The predicted molar refractivity (Wildman–Crippen MR) is 186 cm³/mol. The van der Waals surface area contributed by atoms with Crippen molar-refractivity contribution >= 4 is 55.2 Å². The molecule has 0 radical (unpaired) electrons. The summed E-state index contributed by atoms with van der Waals surface area (Å²) in [6, 6.07) is 52.9. The van der Waals surface area contributed by atoms with Gasteiger partial charge in [0.05, 0.1) is 0 Å². The number of rotatable bonds is 4. The van der Waals surface area contributed by atoms with E-state index in [2.05, 4.69) is 115 Å². The molecule has 0 saturated heterocycles. The summed E-state index contributed by atoms with van der Waals surface area (Å²) in [6.45, 7) is 0. The van der Waals surface area contributed by atoms with Crippen molar-refractivity contribution in [1.29, 1.82) is 0 Å². The molecule has 1 N–H and O–H groups in total. The van der Waals surface area contributed by atoms with Crippen LogP contribution in [0.3, 0.4) is 0 Å². The molecule has 0 amide bonds. The van der Waals surface area contributed by atoms with Crippen LogP contribution in [0, 0.1) is 0 Å². The highest BCUT2D eigenvalue weighted by molar-refractivity contribution is 6.15. The summed E-state index contributed by atoms with van der Waals surface area (Å²) in [5.74, 6) is 1.50. The summed E-state index contributed by atoms with van der Waals surface area (Å²) >= 11 is 0. The van der Waals surface area contributed by atoms with Gasteiger partial charge in [-0.1, -0.05) is 115 Å². The Kier molecular flexibility index (Phi) is 5.85. The minimum absolute atomic E-state index is 0.242. The van der Waals surface area contributed by atoms with Gasteiger partial charge in [-0.3, -0.25) is 0 Å². The van der Waals surface area contributed by atoms with Crippen molar-refractivity contribution in [3.8, 4) is 11.1 Å². The molecular formula is C41H27N3O. The van der Waals surface area contributed by atoms with Gasteiger partial charge in [-0.2, -0.15) is 0 Å². The van der Waals surface area contributed by atoms with E-state index in [9.17, 15) is 0 Å². The lowest BCUT2D eigenvalue weighted by atomic mass is 9.97. The second kappa shape index (κ2) is 10.3. The number of fused-ring (bicyclic) bond motifs is 6. The van der Waals surface area contributed by atoms with Crippen LogP contribution >= 0.6 is 0 Å². The molecule has 2 heterocycles. The number of nitrogens with zero attached hydrogens (tertiary/aromatic N) is 2. The van der Waals surface area contributed by atoms with E-state index in [4.69, 9.17) is 14.4 Å². The molecule has 0 bridgehead atoms. The highest BCUT2D eigenvalue weighted by Gasteiger charge is 2.21. The molecule has 0 fully saturated rings. The fraction of sp³-hybridized carbons (Fsp3) is 0.0244. The molecule has 0 saturated carbocycles. The van der Waals surface area contributed by atoms with Gasteiger partial charge in [-0.15, -0.1) is 0 Å². The number of aliphatic imine (C=N–C) groups is 2. The van der Waals surface area contributed by atoms with Crippen molar-refractivity contribution in [3.63, 3.8) is 0 Å². The minimum Gasteiger partial charge on any atom is -0.456 e. The van der Waals surface area contributed by atoms with E-state index >= 15 is 0 Å². The Morgan fingerprint density at radius 3 is 2.02 bits per heavy atom. The van der Waals surface area contributed by atoms with Crippen molar-refractivity contribution in [2.24, 2.45) is 9.98 Å². The zero-order valence-electron chi connectivity index (χ0n) is 24.3. The van der Waals surface area contributed by atoms with E-state index in [1.54, 1.807) is 0 Å². The first-order chi connectivity index (χ1) is 22.3. The van der Waals surface area contributed by atoms with E-state index < -0.39 is 0 Å². The van der Waals surface area contributed by atoms with Crippen molar-refractivity contribution < 1.29 is 4.42 Å². The standard InChI is InChI=1S/C41H27N3O/c1-3-10-27(11-4-1)39-42-40(28-12-5-2-6-13-28)44-41(43-39)32-19-22-37-36(24-32)35-21-18-30(25-38(35)45-37)29-17-20-34-31(23-29)16-15-26-9-7-8-14-33(26)34/h1-25,39H,(H,42,43,44). The van der Waals surface area contributed by atoms with E-state index in [0.717, 1.165) is 50.0 Å². The molecule has 1 unspecified atom stereocenters. The summed E-state index contributed by atoms with van der Waals surface area (Å²) in [5, 5.41) is 10.7. The average Bonchev–Trinajstić information content (AvgIpc) is 3.49. The highest BCUT2D eigenvalue weighted by Crippen LogP contribution is 2.35. The number of hydrogen-bond donors (Lipinski definition) is 1. The quantitative estimate of drug-likeness (QED) is 0.212. The Bertz CT molecular complexity index is 2460. The molecular weight excluding hydrogens is 550 g/mol. The van der Waals surface area contributed by atoms with Crippen LogP contribution in [-0.2, 0) is 0 Å². The summed E-state index contributed by atoms with van der Waals surface area (Å²) in [6.07, 6.45) is -0.242. The van der Waals surface area contributed by atoms with Gasteiger partial charge in [0.2, 0.25) is 0 Å². The molecule has 4 heteroatoms. The lowest BCUT2D eigenvalue weighted by Gasteiger charge is -2.23. The summed E-state index contributed by atoms with van der Waals surface area (Å²) in [4.78, 5) is 9.96. The van der Waals surface area contributed by atoms with Crippen molar-refractivity contribution in [2.75, 3.05) is 0 Å². The van der Waals surface area contributed by atoms with E-state index in [1.165, 1.54) is 27.1 Å². The third-order valence-corrected chi connectivity index (χ3v) is 8.71. The van der Waals surface area contributed by atoms with E-state index in [0.29, 0.717) is 5.84 Å². The molecule has 4 nitrogen and oxygen atoms in total. The molecule has 1 aromatic heterocycles. The molecule has 1 aliphatic rings. The molecule has 212 valence electrons. The van der Waals surface area contributed by atoms with Gasteiger partial charge >= 0.3 is 0 Å². The lowest BCUT2D eigenvalue weighted by molar-refractivity contribution is 0.668. The maximum atomic E-state index is 6.40. The number of hydrogen-bond acceptors (Lipinski definition) is 4. The number of furan rings is 1. The van der Waals surface area contributed by atoms with Crippen LogP contribution in [-0.4, -0.2) is 11.7 Å². The van der Waals surface area contributed by atoms with Crippen LogP contribution in [0.1, 0.15) is 22.9 Å². The first-order valence-electron chi connectivity index (χ1n) is 15.2.